The molecule has 0 aromatic carbocycles. The molecule has 0 aliphatic heterocycles. The SMILES string of the molecule is Cc1cc(Br)cnc1NCCCC1CC1. The molecule has 1 aromatic heterocycles. The molecule has 82 valence electrons. The Bertz CT molecular complexity index is 334. The molecule has 1 N–H and O–H groups in total. The van der Waals surface area contributed by atoms with Crippen LogP contribution in [0.5, 0.6) is 0 Å². The van der Waals surface area contributed by atoms with Gasteiger partial charge in [-0.25, -0.2) is 4.98 Å². The highest BCUT2D eigenvalue weighted by Gasteiger charge is 2.19. The Kier molecular flexibility index (Phi) is 3.62. The van der Waals surface area contributed by atoms with Gasteiger partial charge >= 0.3 is 0 Å². The minimum Gasteiger partial charge on any atom is -0.370 e. The quantitative estimate of drug-likeness (QED) is 0.823. The summed E-state index contributed by atoms with van der Waals surface area (Å²) < 4.78 is 1.04. The summed E-state index contributed by atoms with van der Waals surface area (Å²) in [5.74, 6) is 2.06. The second-order valence-corrected chi connectivity index (χ2v) is 5.25. The van der Waals surface area contributed by atoms with Gasteiger partial charge in [0, 0.05) is 17.2 Å². The summed E-state index contributed by atoms with van der Waals surface area (Å²) in [6, 6.07) is 2.09. The van der Waals surface area contributed by atoms with Gasteiger partial charge < -0.3 is 5.32 Å². The number of pyridine rings is 1. The summed E-state index contributed by atoms with van der Waals surface area (Å²) in [6.45, 7) is 3.13. The first-order valence-electron chi connectivity index (χ1n) is 5.62. The van der Waals surface area contributed by atoms with Crippen LogP contribution in [-0.4, -0.2) is 11.5 Å². The molecule has 1 aromatic rings. The van der Waals surface area contributed by atoms with Crippen LogP contribution in [0.15, 0.2) is 16.7 Å². The van der Waals surface area contributed by atoms with E-state index in [1.54, 1.807) is 0 Å². The molecule has 0 radical (unpaired) electrons. The predicted molar refractivity (Wildman–Crippen MR) is 67.1 cm³/mol. The van der Waals surface area contributed by atoms with E-state index in [9.17, 15) is 0 Å². The van der Waals surface area contributed by atoms with Gasteiger partial charge in [0.25, 0.3) is 0 Å². The number of anilines is 1. The molecule has 3 heteroatoms. The molecule has 0 spiro atoms. The molecule has 2 rings (SSSR count). The van der Waals surface area contributed by atoms with Gasteiger partial charge in [-0.1, -0.05) is 12.8 Å². The van der Waals surface area contributed by atoms with E-state index in [2.05, 4.69) is 39.2 Å². The highest BCUT2D eigenvalue weighted by molar-refractivity contribution is 9.10. The molecule has 15 heavy (non-hydrogen) atoms. The van der Waals surface area contributed by atoms with Crippen molar-refractivity contribution >= 4 is 21.7 Å². The van der Waals surface area contributed by atoms with Crippen LogP contribution in [0, 0.1) is 12.8 Å². The molecule has 0 bridgehead atoms. The highest BCUT2D eigenvalue weighted by Crippen LogP contribution is 2.33. The maximum absolute atomic E-state index is 4.35. The molecule has 1 aliphatic carbocycles. The third-order valence-corrected chi connectivity index (χ3v) is 3.26. The van der Waals surface area contributed by atoms with E-state index in [0.29, 0.717) is 0 Å². The number of aromatic nitrogens is 1. The van der Waals surface area contributed by atoms with Crippen LogP contribution in [0.1, 0.15) is 31.2 Å². The highest BCUT2D eigenvalue weighted by atomic mass is 79.9. The van der Waals surface area contributed by atoms with E-state index in [-0.39, 0.29) is 0 Å². The monoisotopic (exact) mass is 268 g/mol. The molecule has 0 unspecified atom stereocenters. The smallest absolute Gasteiger partial charge is 0.128 e. The van der Waals surface area contributed by atoms with Crippen molar-refractivity contribution in [1.82, 2.24) is 4.98 Å². The Hall–Kier alpha value is -0.570. The fourth-order valence-corrected chi connectivity index (χ4v) is 2.18. The minimum atomic E-state index is 1.02. The molecular weight excluding hydrogens is 252 g/mol. The fourth-order valence-electron chi connectivity index (χ4n) is 1.73. The van der Waals surface area contributed by atoms with Crippen molar-refractivity contribution in [1.29, 1.82) is 0 Å². The molecular formula is C12H17BrN2. The van der Waals surface area contributed by atoms with Crippen LogP contribution in [0.4, 0.5) is 5.82 Å². The van der Waals surface area contributed by atoms with Crippen LogP contribution in [0.3, 0.4) is 0 Å². The summed E-state index contributed by atoms with van der Waals surface area (Å²) in [7, 11) is 0. The fraction of sp³-hybridized carbons (Fsp3) is 0.583. The predicted octanol–water partition coefficient (Wildman–Crippen LogP) is 3.75. The van der Waals surface area contributed by atoms with E-state index in [0.717, 1.165) is 22.8 Å². The van der Waals surface area contributed by atoms with Crippen molar-refractivity contribution < 1.29 is 0 Å². The Morgan fingerprint density at radius 2 is 2.33 bits per heavy atom. The Morgan fingerprint density at radius 3 is 3.00 bits per heavy atom. The van der Waals surface area contributed by atoms with E-state index < -0.39 is 0 Å². The van der Waals surface area contributed by atoms with Gasteiger partial charge in [-0.15, -0.1) is 0 Å². The Labute approximate surface area is 99.6 Å². The second-order valence-electron chi connectivity index (χ2n) is 4.33. The van der Waals surface area contributed by atoms with Crippen LogP contribution in [0.2, 0.25) is 0 Å². The third-order valence-electron chi connectivity index (χ3n) is 2.82. The van der Waals surface area contributed by atoms with Crippen LogP contribution >= 0.6 is 15.9 Å². The zero-order chi connectivity index (χ0) is 10.7. The summed E-state index contributed by atoms with van der Waals surface area (Å²) in [4.78, 5) is 4.35. The van der Waals surface area contributed by atoms with Gasteiger partial charge in [0.15, 0.2) is 0 Å². The van der Waals surface area contributed by atoms with Gasteiger partial charge in [0.05, 0.1) is 0 Å². The maximum atomic E-state index is 4.35. The molecule has 1 aliphatic rings. The molecule has 1 fully saturated rings. The summed E-state index contributed by atoms with van der Waals surface area (Å²) in [5, 5.41) is 3.39. The van der Waals surface area contributed by atoms with Crippen molar-refractivity contribution in [3.8, 4) is 0 Å². The third kappa shape index (κ3) is 3.49. The Morgan fingerprint density at radius 1 is 1.53 bits per heavy atom. The number of nitrogens with one attached hydrogen (secondary N) is 1. The number of hydrogen-bond acceptors (Lipinski definition) is 2. The van der Waals surface area contributed by atoms with Gasteiger partial charge in [0.1, 0.15) is 5.82 Å². The first kappa shape index (κ1) is 10.9. The average Bonchev–Trinajstić information content (AvgIpc) is 2.99. The van der Waals surface area contributed by atoms with Crippen molar-refractivity contribution in [3.63, 3.8) is 0 Å². The lowest BCUT2D eigenvalue weighted by Gasteiger charge is -2.08. The van der Waals surface area contributed by atoms with Gasteiger partial charge in [-0.3, -0.25) is 0 Å². The molecule has 1 heterocycles. The second kappa shape index (κ2) is 4.97. The van der Waals surface area contributed by atoms with Gasteiger partial charge in [-0.2, -0.15) is 0 Å². The van der Waals surface area contributed by atoms with E-state index in [4.69, 9.17) is 0 Å². The first-order valence-corrected chi connectivity index (χ1v) is 6.41. The van der Waals surface area contributed by atoms with E-state index in [1.165, 1.54) is 31.2 Å². The zero-order valence-corrected chi connectivity index (χ0v) is 10.7. The Balaban J connectivity index is 1.76. The average molecular weight is 269 g/mol. The maximum Gasteiger partial charge on any atom is 0.128 e. The number of hydrogen-bond donors (Lipinski definition) is 1. The lowest BCUT2D eigenvalue weighted by Crippen LogP contribution is -2.05. The summed E-state index contributed by atoms with van der Waals surface area (Å²) in [6.07, 6.45) is 7.39. The largest absolute Gasteiger partial charge is 0.370 e. The van der Waals surface area contributed by atoms with Crippen molar-refractivity contribution in [2.24, 2.45) is 5.92 Å². The lowest BCUT2D eigenvalue weighted by atomic mass is 10.2. The zero-order valence-electron chi connectivity index (χ0n) is 9.09. The molecule has 2 nitrogen and oxygen atoms in total. The van der Waals surface area contributed by atoms with Crippen molar-refractivity contribution in [2.45, 2.75) is 32.6 Å². The normalized spacial score (nSPS) is 15.3. The first-order chi connectivity index (χ1) is 7.25. The van der Waals surface area contributed by atoms with Crippen LogP contribution in [-0.2, 0) is 0 Å². The lowest BCUT2D eigenvalue weighted by molar-refractivity contribution is 0.686. The van der Waals surface area contributed by atoms with E-state index >= 15 is 0 Å². The van der Waals surface area contributed by atoms with Gasteiger partial charge in [-0.05, 0) is 53.2 Å². The topological polar surface area (TPSA) is 24.9 Å². The van der Waals surface area contributed by atoms with Gasteiger partial charge in [0.2, 0.25) is 0 Å². The number of halogens is 1. The van der Waals surface area contributed by atoms with Crippen molar-refractivity contribution in [3.05, 3.63) is 22.3 Å². The summed E-state index contributed by atoms with van der Waals surface area (Å²) >= 11 is 3.42. The molecule has 0 amide bonds. The minimum absolute atomic E-state index is 1.02. The number of rotatable bonds is 5. The summed E-state index contributed by atoms with van der Waals surface area (Å²) in [5.41, 5.74) is 1.20. The van der Waals surface area contributed by atoms with Crippen LogP contribution < -0.4 is 5.32 Å². The standard InChI is InChI=1S/C12H17BrN2/c1-9-7-11(13)8-15-12(9)14-6-2-3-10-4-5-10/h7-8,10H,2-6H2,1H3,(H,14,15). The molecule has 1 saturated carbocycles. The van der Waals surface area contributed by atoms with Crippen molar-refractivity contribution in [2.75, 3.05) is 11.9 Å². The number of aryl methyl sites for hydroxylation is 1. The molecule has 0 saturated heterocycles. The van der Waals surface area contributed by atoms with E-state index in [1.807, 2.05) is 6.20 Å². The molecule has 0 atom stereocenters. The van der Waals surface area contributed by atoms with Crippen LogP contribution in [0.25, 0.3) is 0 Å². The number of nitrogens with zero attached hydrogens (tertiary/aromatic N) is 1.